The summed E-state index contributed by atoms with van der Waals surface area (Å²) < 4.78 is 11.2. The molecule has 1 fully saturated rings. The van der Waals surface area contributed by atoms with Gasteiger partial charge in [-0.3, -0.25) is 4.79 Å². The maximum Gasteiger partial charge on any atom is 0.331 e. The predicted molar refractivity (Wildman–Crippen MR) is 90.9 cm³/mol. The number of hydrogen-bond acceptors (Lipinski definition) is 4. The quantitative estimate of drug-likeness (QED) is 0.607. The van der Waals surface area contributed by atoms with Crippen LogP contribution in [0, 0.1) is 6.92 Å². The van der Waals surface area contributed by atoms with Gasteiger partial charge >= 0.3 is 5.97 Å². The highest BCUT2D eigenvalue weighted by molar-refractivity contribution is 9.10. The summed E-state index contributed by atoms with van der Waals surface area (Å²) in [5.41, 5.74) is 2.00. The molecule has 0 spiro atoms. The second-order valence-electron chi connectivity index (χ2n) is 5.41. The van der Waals surface area contributed by atoms with E-state index in [1.54, 1.807) is 6.08 Å². The van der Waals surface area contributed by atoms with Crippen LogP contribution < -0.4 is 5.32 Å². The minimum Gasteiger partial charge on any atom is -0.452 e. The predicted octanol–water partition coefficient (Wildman–Crippen LogP) is 2.61. The molecule has 0 radical (unpaired) electrons. The molecule has 1 N–H and O–H groups in total. The summed E-state index contributed by atoms with van der Waals surface area (Å²) in [6.07, 6.45) is 5.01. The number of hydrogen-bond donors (Lipinski definition) is 1. The summed E-state index contributed by atoms with van der Waals surface area (Å²) in [7, 11) is 0. The SMILES string of the molecule is Cc1ccc(/C=C/C(=O)OCC(=O)NC[C@@H]2CCCO2)c(Br)c1. The number of amides is 1. The Balaban J connectivity index is 1.71. The molecule has 2 rings (SSSR count). The Hall–Kier alpha value is -1.66. The molecule has 5 nitrogen and oxygen atoms in total. The van der Waals surface area contributed by atoms with Crippen molar-refractivity contribution in [1.29, 1.82) is 0 Å². The highest BCUT2D eigenvalue weighted by Gasteiger charge is 2.16. The summed E-state index contributed by atoms with van der Waals surface area (Å²) in [6.45, 7) is 2.91. The van der Waals surface area contributed by atoms with Gasteiger partial charge in [0, 0.05) is 23.7 Å². The molecule has 0 aromatic heterocycles. The first-order valence-corrected chi connectivity index (χ1v) is 8.33. The lowest BCUT2D eigenvalue weighted by Crippen LogP contribution is -2.34. The minimum absolute atomic E-state index is 0.0773. The maximum absolute atomic E-state index is 11.6. The molecule has 1 amide bonds. The van der Waals surface area contributed by atoms with Crippen LogP contribution in [0.1, 0.15) is 24.0 Å². The Labute approximate surface area is 144 Å². The van der Waals surface area contributed by atoms with Crippen LogP contribution in [0.5, 0.6) is 0 Å². The largest absolute Gasteiger partial charge is 0.452 e. The maximum atomic E-state index is 11.6. The van der Waals surface area contributed by atoms with E-state index in [1.807, 2.05) is 25.1 Å². The molecule has 1 atom stereocenters. The minimum atomic E-state index is -0.551. The van der Waals surface area contributed by atoms with Gasteiger partial charge in [0.15, 0.2) is 6.61 Å². The molecular weight excluding hydrogens is 362 g/mol. The van der Waals surface area contributed by atoms with Crippen molar-refractivity contribution in [3.05, 3.63) is 39.9 Å². The van der Waals surface area contributed by atoms with Crippen LogP contribution in [0.3, 0.4) is 0 Å². The van der Waals surface area contributed by atoms with Crippen LogP contribution in [0.2, 0.25) is 0 Å². The van der Waals surface area contributed by atoms with Crippen molar-refractivity contribution >= 4 is 33.9 Å². The van der Waals surface area contributed by atoms with Gasteiger partial charge in [0.1, 0.15) is 0 Å². The van der Waals surface area contributed by atoms with Crippen LogP contribution in [-0.4, -0.2) is 37.7 Å². The summed E-state index contributed by atoms with van der Waals surface area (Å²) >= 11 is 3.43. The second-order valence-corrected chi connectivity index (χ2v) is 6.26. The molecule has 23 heavy (non-hydrogen) atoms. The van der Waals surface area contributed by atoms with Crippen molar-refractivity contribution in [1.82, 2.24) is 5.32 Å². The molecule has 0 unspecified atom stereocenters. The van der Waals surface area contributed by atoms with E-state index in [1.165, 1.54) is 6.08 Å². The zero-order valence-corrected chi connectivity index (χ0v) is 14.6. The standard InChI is InChI=1S/C17H20BrNO4/c1-12-4-5-13(15(18)9-12)6-7-17(21)23-11-16(20)19-10-14-3-2-8-22-14/h4-7,9,14H,2-3,8,10-11H2,1H3,(H,19,20)/b7-6+/t14-/m0/s1. The number of benzene rings is 1. The molecule has 124 valence electrons. The molecule has 1 saturated heterocycles. The normalized spacial score (nSPS) is 17.4. The smallest absolute Gasteiger partial charge is 0.331 e. The Morgan fingerprint density at radius 2 is 2.30 bits per heavy atom. The number of esters is 1. The second kappa shape index (κ2) is 8.84. The summed E-state index contributed by atoms with van der Waals surface area (Å²) in [6, 6.07) is 5.81. The highest BCUT2D eigenvalue weighted by atomic mass is 79.9. The summed E-state index contributed by atoms with van der Waals surface area (Å²) in [5.74, 6) is -0.872. The van der Waals surface area contributed by atoms with Crippen LogP contribution in [-0.2, 0) is 19.1 Å². The van der Waals surface area contributed by atoms with Gasteiger partial charge in [-0.25, -0.2) is 4.79 Å². The van der Waals surface area contributed by atoms with Gasteiger partial charge in [-0.2, -0.15) is 0 Å². The van der Waals surface area contributed by atoms with Gasteiger partial charge in [0.25, 0.3) is 5.91 Å². The number of aryl methyl sites for hydroxylation is 1. The van der Waals surface area contributed by atoms with Gasteiger partial charge in [0.2, 0.25) is 0 Å². The third-order valence-corrected chi connectivity index (χ3v) is 4.14. The van der Waals surface area contributed by atoms with Gasteiger partial charge in [-0.05, 0) is 43.0 Å². The Bertz CT molecular complexity index is 594. The Morgan fingerprint density at radius 3 is 3.00 bits per heavy atom. The van der Waals surface area contributed by atoms with Crippen LogP contribution in [0.25, 0.3) is 6.08 Å². The zero-order valence-electron chi connectivity index (χ0n) is 13.0. The van der Waals surface area contributed by atoms with E-state index in [0.29, 0.717) is 6.54 Å². The highest BCUT2D eigenvalue weighted by Crippen LogP contribution is 2.19. The average molecular weight is 382 g/mol. The van der Waals surface area contributed by atoms with E-state index >= 15 is 0 Å². The molecule has 1 heterocycles. The lowest BCUT2D eigenvalue weighted by molar-refractivity contribution is -0.143. The first-order chi connectivity index (χ1) is 11.0. The van der Waals surface area contributed by atoms with Crippen molar-refractivity contribution in [2.24, 2.45) is 0 Å². The number of nitrogens with one attached hydrogen (secondary N) is 1. The number of carbonyl (C=O) groups excluding carboxylic acids is 2. The van der Waals surface area contributed by atoms with Crippen molar-refractivity contribution in [2.75, 3.05) is 19.8 Å². The van der Waals surface area contributed by atoms with Gasteiger partial charge in [-0.15, -0.1) is 0 Å². The Morgan fingerprint density at radius 1 is 1.48 bits per heavy atom. The number of carbonyl (C=O) groups is 2. The van der Waals surface area contributed by atoms with Crippen molar-refractivity contribution in [3.63, 3.8) is 0 Å². The molecule has 0 saturated carbocycles. The third kappa shape index (κ3) is 6.15. The van der Waals surface area contributed by atoms with Crippen molar-refractivity contribution < 1.29 is 19.1 Å². The van der Waals surface area contributed by atoms with Gasteiger partial charge in [0.05, 0.1) is 6.10 Å². The average Bonchev–Trinajstić information content (AvgIpc) is 3.03. The molecule has 0 aliphatic carbocycles. The monoisotopic (exact) mass is 381 g/mol. The lowest BCUT2D eigenvalue weighted by Gasteiger charge is -2.10. The van der Waals surface area contributed by atoms with E-state index in [0.717, 1.165) is 35.0 Å². The van der Waals surface area contributed by atoms with Crippen LogP contribution >= 0.6 is 15.9 Å². The van der Waals surface area contributed by atoms with E-state index in [4.69, 9.17) is 9.47 Å². The van der Waals surface area contributed by atoms with Gasteiger partial charge in [-0.1, -0.05) is 28.1 Å². The zero-order chi connectivity index (χ0) is 16.7. The summed E-state index contributed by atoms with van der Waals surface area (Å²) in [5, 5.41) is 2.70. The number of rotatable bonds is 6. The molecule has 6 heteroatoms. The summed E-state index contributed by atoms with van der Waals surface area (Å²) in [4.78, 5) is 23.2. The number of halogens is 1. The van der Waals surface area contributed by atoms with Gasteiger partial charge < -0.3 is 14.8 Å². The van der Waals surface area contributed by atoms with Crippen LogP contribution in [0.4, 0.5) is 0 Å². The van der Waals surface area contributed by atoms with Crippen molar-refractivity contribution in [3.8, 4) is 0 Å². The first kappa shape index (κ1) is 17.7. The molecule has 0 bridgehead atoms. The van der Waals surface area contributed by atoms with Crippen molar-refractivity contribution in [2.45, 2.75) is 25.9 Å². The van der Waals surface area contributed by atoms with E-state index < -0.39 is 5.97 Å². The van der Waals surface area contributed by atoms with E-state index in [2.05, 4.69) is 21.2 Å². The van der Waals surface area contributed by atoms with E-state index in [-0.39, 0.29) is 18.6 Å². The van der Waals surface area contributed by atoms with Crippen LogP contribution in [0.15, 0.2) is 28.7 Å². The fraction of sp³-hybridized carbons (Fsp3) is 0.412. The molecule has 1 aliphatic heterocycles. The molecule has 1 aromatic carbocycles. The molecular formula is C17H20BrNO4. The molecule has 1 aromatic rings. The number of ether oxygens (including phenoxy) is 2. The topological polar surface area (TPSA) is 64.6 Å². The fourth-order valence-corrected chi connectivity index (χ4v) is 2.82. The molecule has 1 aliphatic rings. The Kier molecular flexibility index (Phi) is 6.80. The van der Waals surface area contributed by atoms with E-state index in [9.17, 15) is 9.59 Å². The fourth-order valence-electron chi connectivity index (χ4n) is 2.19. The third-order valence-electron chi connectivity index (χ3n) is 3.45. The first-order valence-electron chi connectivity index (χ1n) is 7.54. The lowest BCUT2D eigenvalue weighted by atomic mass is 10.1.